The fraction of sp³-hybridized carbons (Fsp3) is 0.0526. The number of benzene rings is 2. The standard InChI is InChI=1S/C19H12F3NO2/c20-19(21,22)16-9-7-14(8-10-16)17(5-2-6-18(24)25)15-4-1-3-13(11-15)12-23/h1-11H,(H,24,25). The van der Waals surface area contributed by atoms with Gasteiger partial charge in [-0.1, -0.05) is 36.4 Å². The van der Waals surface area contributed by atoms with Crippen molar-refractivity contribution in [3.8, 4) is 6.07 Å². The van der Waals surface area contributed by atoms with Crippen LogP contribution in [-0.4, -0.2) is 11.1 Å². The van der Waals surface area contributed by atoms with Gasteiger partial charge in [0.25, 0.3) is 0 Å². The van der Waals surface area contributed by atoms with Crippen molar-refractivity contribution in [3.05, 3.63) is 89.0 Å². The van der Waals surface area contributed by atoms with E-state index < -0.39 is 17.7 Å². The zero-order valence-corrected chi connectivity index (χ0v) is 12.8. The third-order valence-corrected chi connectivity index (χ3v) is 3.33. The molecule has 0 radical (unpaired) electrons. The number of carboxylic acid groups (broad SMARTS) is 1. The molecule has 3 nitrogen and oxygen atoms in total. The van der Waals surface area contributed by atoms with E-state index in [-0.39, 0.29) is 0 Å². The Morgan fingerprint density at radius 2 is 1.76 bits per heavy atom. The lowest BCUT2D eigenvalue weighted by atomic mass is 9.95. The number of alkyl halides is 3. The van der Waals surface area contributed by atoms with Gasteiger partial charge >= 0.3 is 12.1 Å². The van der Waals surface area contributed by atoms with Crippen molar-refractivity contribution < 1.29 is 23.1 Å². The summed E-state index contributed by atoms with van der Waals surface area (Å²) in [6.45, 7) is 0. The molecular weight excluding hydrogens is 331 g/mol. The van der Waals surface area contributed by atoms with E-state index in [0.29, 0.717) is 22.3 Å². The first-order chi connectivity index (χ1) is 11.8. The number of carboxylic acids is 1. The van der Waals surface area contributed by atoms with Gasteiger partial charge < -0.3 is 5.11 Å². The second kappa shape index (κ2) is 7.49. The molecule has 1 N–H and O–H groups in total. The number of hydrogen-bond donors (Lipinski definition) is 1. The molecule has 0 spiro atoms. The molecule has 0 fully saturated rings. The van der Waals surface area contributed by atoms with E-state index in [9.17, 15) is 18.0 Å². The number of allylic oxidation sites excluding steroid dienone is 2. The molecule has 25 heavy (non-hydrogen) atoms. The summed E-state index contributed by atoms with van der Waals surface area (Å²) in [6, 6.07) is 13.0. The van der Waals surface area contributed by atoms with E-state index in [4.69, 9.17) is 10.4 Å². The van der Waals surface area contributed by atoms with Gasteiger partial charge in [0.05, 0.1) is 17.2 Å². The monoisotopic (exact) mass is 343 g/mol. The van der Waals surface area contributed by atoms with Gasteiger partial charge in [0.2, 0.25) is 0 Å². The SMILES string of the molecule is N#Cc1cccc(C(=CC=CC(=O)O)c2ccc(C(F)(F)F)cc2)c1. The van der Waals surface area contributed by atoms with Gasteiger partial charge in [-0.15, -0.1) is 0 Å². The number of nitriles is 1. The van der Waals surface area contributed by atoms with E-state index in [1.54, 1.807) is 24.3 Å². The number of aliphatic carboxylic acids is 1. The summed E-state index contributed by atoms with van der Waals surface area (Å²) < 4.78 is 38.1. The third kappa shape index (κ3) is 4.82. The summed E-state index contributed by atoms with van der Waals surface area (Å²) >= 11 is 0. The number of halogens is 3. The quantitative estimate of drug-likeness (QED) is 0.649. The first-order valence-electron chi connectivity index (χ1n) is 7.11. The molecule has 0 amide bonds. The van der Waals surface area contributed by atoms with Crippen molar-refractivity contribution >= 4 is 11.5 Å². The van der Waals surface area contributed by atoms with Crippen LogP contribution in [-0.2, 0) is 11.0 Å². The Labute approximate surface area is 142 Å². The van der Waals surface area contributed by atoms with Crippen molar-refractivity contribution in [3.63, 3.8) is 0 Å². The highest BCUT2D eigenvalue weighted by Crippen LogP contribution is 2.31. The van der Waals surface area contributed by atoms with Gasteiger partial charge in [-0.2, -0.15) is 18.4 Å². The average molecular weight is 343 g/mol. The highest BCUT2D eigenvalue weighted by Gasteiger charge is 2.30. The second-order valence-corrected chi connectivity index (χ2v) is 5.05. The number of rotatable bonds is 4. The van der Waals surface area contributed by atoms with E-state index in [1.807, 2.05) is 6.07 Å². The lowest BCUT2D eigenvalue weighted by Crippen LogP contribution is -2.04. The molecule has 0 unspecified atom stereocenters. The first-order valence-corrected chi connectivity index (χ1v) is 7.11. The predicted octanol–water partition coefficient (Wildman–Crippen LogP) is 4.65. The van der Waals surface area contributed by atoms with Crippen LogP contribution in [0.1, 0.15) is 22.3 Å². The molecule has 126 valence electrons. The van der Waals surface area contributed by atoms with Gasteiger partial charge in [-0.25, -0.2) is 4.79 Å². The Balaban J connectivity index is 2.51. The van der Waals surface area contributed by atoms with Crippen LogP contribution < -0.4 is 0 Å². The zero-order chi connectivity index (χ0) is 18.4. The zero-order valence-electron chi connectivity index (χ0n) is 12.8. The number of hydrogen-bond acceptors (Lipinski definition) is 2. The molecule has 0 aliphatic heterocycles. The van der Waals surface area contributed by atoms with Gasteiger partial charge in [-0.3, -0.25) is 0 Å². The lowest BCUT2D eigenvalue weighted by molar-refractivity contribution is -0.137. The smallest absolute Gasteiger partial charge is 0.416 e. The summed E-state index contributed by atoms with van der Waals surface area (Å²) in [5.41, 5.74) is 1.18. The van der Waals surface area contributed by atoms with E-state index in [2.05, 4.69) is 0 Å². The topological polar surface area (TPSA) is 61.1 Å². The Hall–Kier alpha value is -3.33. The Morgan fingerprint density at radius 3 is 2.32 bits per heavy atom. The normalized spacial score (nSPS) is 12.2. The molecule has 0 aromatic heterocycles. The highest BCUT2D eigenvalue weighted by molar-refractivity contribution is 5.84. The summed E-state index contributed by atoms with van der Waals surface area (Å²) in [6.07, 6.45) is -0.758. The minimum Gasteiger partial charge on any atom is -0.478 e. The molecule has 2 rings (SSSR count). The first kappa shape index (κ1) is 18.0. The fourth-order valence-electron chi connectivity index (χ4n) is 2.18. The molecule has 0 heterocycles. The van der Waals surface area contributed by atoms with Crippen molar-refractivity contribution in [1.29, 1.82) is 5.26 Å². The van der Waals surface area contributed by atoms with Crippen LogP contribution >= 0.6 is 0 Å². The maximum absolute atomic E-state index is 12.7. The predicted molar refractivity (Wildman–Crippen MR) is 86.5 cm³/mol. The number of nitrogens with zero attached hydrogens (tertiary/aromatic N) is 1. The summed E-state index contributed by atoms with van der Waals surface area (Å²) in [7, 11) is 0. The van der Waals surface area contributed by atoms with Gasteiger partial charge in [0.15, 0.2) is 0 Å². The molecule has 0 aliphatic carbocycles. The van der Waals surface area contributed by atoms with Gasteiger partial charge in [0.1, 0.15) is 0 Å². The molecule has 6 heteroatoms. The molecule has 2 aromatic rings. The van der Waals surface area contributed by atoms with Gasteiger partial charge in [-0.05, 0) is 41.0 Å². The van der Waals surface area contributed by atoms with Crippen LogP contribution in [0, 0.1) is 11.3 Å². The van der Waals surface area contributed by atoms with Crippen LogP contribution in [0.25, 0.3) is 5.57 Å². The lowest BCUT2D eigenvalue weighted by Gasteiger charge is -2.11. The molecule has 0 aliphatic rings. The van der Waals surface area contributed by atoms with Crippen molar-refractivity contribution in [1.82, 2.24) is 0 Å². The maximum Gasteiger partial charge on any atom is 0.416 e. The van der Waals surface area contributed by atoms with E-state index in [1.165, 1.54) is 24.3 Å². The van der Waals surface area contributed by atoms with E-state index in [0.717, 1.165) is 18.2 Å². The Kier molecular flexibility index (Phi) is 5.40. The molecule has 0 atom stereocenters. The minimum atomic E-state index is -4.44. The van der Waals surface area contributed by atoms with Crippen molar-refractivity contribution in [2.45, 2.75) is 6.18 Å². The number of carbonyl (C=O) groups is 1. The fourth-order valence-corrected chi connectivity index (χ4v) is 2.18. The molecule has 0 saturated carbocycles. The van der Waals surface area contributed by atoms with Crippen LogP contribution in [0.3, 0.4) is 0 Å². The van der Waals surface area contributed by atoms with Crippen LogP contribution in [0.2, 0.25) is 0 Å². The van der Waals surface area contributed by atoms with Gasteiger partial charge in [0, 0.05) is 6.08 Å². The molecule has 2 aromatic carbocycles. The van der Waals surface area contributed by atoms with Crippen LogP contribution in [0.4, 0.5) is 13.2 Å². The minimum absolute atomic E-state index is 0.387. The Morgan fingerprint density at radius 1 is 1.08 bits per heavy atom. The highest BCUT2D eigenvalue weighted by atomic mass is 19.4. The Bertz CT molecular complexity index is 873. The van der Waals surface area contributed by atoms with Crippen LogP contribution in [0.5, 0.6) is 0 Å². The third-order valence-electron chi connectivity index (χ3n) is 3.33. The van der Waals surface area contributed by atoms with Crippen molar-refractivity contribution in [2.24, 2.45) is 0 Å². The summed E-state index contributed by atoms with van der Waals surface area (Å²) in [4.78, 5) is 10.6. The molecule has 0 saturated heterocycles. The van der Waals surface area contributed by atoms with E-state index >= 15 is 0 Å². The van der Waals surface area contributed by atoms with Crippen molar-refractivity contribution in [2.75, 3.05) is 0 Å². The maximum atomic E-state index is 12.7. The van der Waals surface area contributed by atoms with Crippen LogP contribution in [0.15, 0.2) is 66.8 Å². The summed E-state index contributed by atoms with van der Waals surface area (Å²) in [5, 5.41) is 17.7. The molecular formula is C19H12F3NO2. The largest absolute Gasteiger partial charge is 0.478 e. The molecule has 0 bridgehead atoms. The average Bonchev–Trinajstić information content (AvgIpc) is 2.58. The summed E-state index contributed by atoms with van der Waals surface area (Å²) in [5.74, 6) is -1.14. The second-order valence-electron chi connectivity index (χ2n) is 5.05.